The maximum atomic E-state index is 12.0. The normalized spacial score (nSPS) is 12.9. The smallest absolute Gasteiger partial charge is 0.252 e. The number of nitrogens with one attached hydrogen (secondary N) is 2. The van der Waals surface area contributed by atoms with Crippen LogP contribution in [-0.2, 0) is 11.2 Å². The minimum absolute atomic E-state index is 0. The van der Waals surface area contributed by atoms with Crippen molar-refractivity contribution in [2.45, 2.75) is 25.8 Å². The van der Waals surface area contributed by atoms with Crippen molar-refractivity contribution in [3.8, 4) is 0 Å². The highest BCUT2D eigenvalue weighted by atomic mass is 35.5. The van der Waals surface area contributed by atoms with Crippen molar-refractivity contribution in [1.29, 1.82) is 0 Å². The van der Waals surface area contributed by atoms with Gasteiger partial charge in [0.1, 0.15) is 5.54 Å². The number of halogens is 1. The Bertz CT molecular complexity index is 515. The Balaban J connectivity index is 0.00000180. The van der Waals surface area contributed by atoms with E-state index in [0.717, 1.165) is 24.2 Å². The molecule has 0 saturated heterocycles. The maximum absolute atomic E-state index is 12.0. The van der Waals surface area contributed by atoms with Crippen molar-refractivity contribution in [2.24, 2.45) is 5.73 Å². The Morgan fingerprint density at radius 3 is 2.68 bits per heavy atom. The van der Waals surface area contributed by atoms with Crippen LogP contribution in [0.5, 0.6) is 0 Å². The van der Waals surface area contributed by atoms with E-state index in [4.69, 9.17) is 5.73 Å². The van der Waals surface area contributed by atoms with E-state index in [1.807, 2.05) is 12.1 Å². The number of benzene rings is 1. The summed E-state index contributed by atoms with van der Waals surface area (Å²) in [7, 11) is 0. The van der Waals surface area contributed by atoms with Gasteiger partial charge in [-0.1, -0.05) is 0 Å². The number of rotatable bonds is 3. The molecule has 0 aromatic heterocycles. The number of anilines is 1. The van der Waals surface area contributed by atoms with Gasteiger partial charge in [-0.15, -0.1) is 12.4 Å². The molecule has 1 aromatic carbocycles. The van der Waals surface area contributed by atoms with Gasteiger partial charge in [-0.25, -0.2) is 0 Å². The molecule has 0 aliphatic carbocycles. The molecule has 1 aliphatic rings. The minimum Gasteiger partial charge on any atom is -0.384 e. The van der Waals surface area contributed by atoms with Crippen LogP contribution in [0.1, 0.15) is 29.8 Å². The average Bonchev–Trinajstić information content (AvgIpc) is 2.74. The Morgan fingerprint density at radius 2 is 2.05 bits per heavy atom. The van der Waals surface area contributed by atoms with E-state index >= 15 is 0 Å². The van der Waals surface area contributed by atoms with Gasteiger partial charge < -0.3 is 16.4 Å². The molecule has 4 N–H and O–H groups in total. The maximum Gasteiger partial charge on any atom is 0.252 e. The predicted molar refractivity (Wildman–Crippen MR) is 76.6 cm³/mol. The summed E-state index contributed by atoms with van der Waals surface area (Å²) in [4.78, 5) is 23.2. The van der Waals surface area contributed by atoms with Gasteiger partial charge in [-0.05, 0) is 44.0 Å². The lowest BCUT2D eigenvalue weighted by atomic mass is 10.0. The number of hydrogen-bond donors (Lipinski definition) is 3. The molecule has 0 spiro atoms. The molecule has 6 heteroatoms. The summed E-state index contributed by atoms with van der Waals surface area (Å²) in [5.41, 5.74) is 6.92. The third-order valence-electron chi connectivity index (χ3n) is 3.12. The van der Waals surface area contributed by atoms with Crippen LogP contribution in [0.3, 0.4) is 0 Å². The largest absolute Gasteiger partial charge is 0.384 e. The fourth-order valence-corrected chi connectivity index (χ4v) is 1.86. The standard InChI is InChI=1S/C13H17N3O2.ClH/c1-13(2,12(14)18)16-11(17)9-3-4-10-8(7-9)5-6-15-10;/h3-4,7,15H,5-6H2,1-2H3,(H2,14,18)(H,16,17);1H. The minimum atomic E-state index is -1.05. The number of carbonyl (C=O) groups excluding carboxylic acids is 2. The van der Waals surface area contributed by atoms with E-state index in [9.17, 15) is 9.59 Å². The van der Waals surface area contributed by atoms with Crippen molar-refractivity contribution < 1.29 is 9.59 Å². The first kappa shape index (κ1) is 15.3. The lowest BCUT2D eigenvalue weighted by Crippen LogP contribution is -2.53. The van der Waals surface area contributed by atoms with E-state index in [-0.39, 0.29) is 18.3 Å². The summed E-state index contributed by atoms with van der Waals surface area (Å²) >= 11 is 0. The average molecular weight is 284 g/mol. The fourth-order valence-electron chi connectivity index (χ4n) is 1.86. The molecule has 0 saturated carbocycles. The van der Waals surface area contributed by atoms with Crippen LogP contribution in [0.15, 0.2) is 18.2 Å². The lowest BCUT2D eigenvalue weighted by Gasteiger charge is -2.22. The molecule has 104 valence electrons. The molecule has 19 heavy (non-hydrogen) atoms. The molecule has 2 amide bonds. The first-order valence-corrected chi connectivity index (χ1v) is 5.89. The third-order valence-corrected chi connectivity index (χ3v) is 3.12. The Kier molecular flexibility index (Phi) is 4.42. The van der Waals surface area contributed by atoms with Crippen LogP contribution in [0.4, 0.5) is 5.69 Å². The monoisotopic (exact) mass is 283 g/mol. The van der Waals surface area contributed by atoms with Gasteiger partial charge in [-0.2, -0.15) is 0 Å². The molecular formula is C13H18ClN3O2. The van der Waals surface area contributed by atoms with Gasteiger partial charge in [0.25, 0.3) is 5.91 Å². The summed E-state index contributed by atoms with van der Waals surface area (Å²) in [5.74, 6) is -0.841. The number of hydrogen-bond acceptors (Lipinski definition) is 3. The number of primary amides is 1. The molecule has 1 aromatic rings. The van der Waals surface area contributed by atoms with Crippen LogP contribution < -0.4 is 16.4 Å². The van der Waals surface area contributed by atoms with Crippen LogP contribution in [0, 0.1) is 0 Å². The Hall–Kier alpha value is -1.75. The number of amides is 2. The van der Waals surface area contributed by atoms with Gasteiger partial charge in [0.2, 0.25) is 5.91 Å². The van der Waals surface area contributed by atoms with Gasteiger partial charge >= 0.3 is 0 Å². The van der Waals surface area contributed by atoms with Crippen molar-refractivity contribution in [3.05, 3.63) is 29.3 Å². The quantitative estimate of drug-likeness (QED) is 0.776. The second kappa shape index (κ2) is 5.48. The van der Waals surface area contributed by atoms with Crippen LogP contribution in [0.25, 0.3) is 0 Å². The highest BCUT2D eigenvalue weighted by Gasteiger charge is 2.27. The molecule has 1 aliphatic heterocycles. The molecule has 0 unspecified atom stereocenters. The van der Waals surface area contributed by atoms with Crippen LogP contribution in [0.2, 0.25) is 0 Å². The van der Waals surface area contributed by atoms with Gasteiger partial charge in [-0.3, -0.25) is 9.59 Å². The summed E-state index contributed by atoms with van der Waals surface area (Å²) in [6.07, 6.45) is 0.912. The summed E-state index contributed by atoms with van der Waals surface area (Å²) in [6, 6.07) is 5.47. The van der Waals surface area contributed by atoms with Crippen molar-refractivity contribution in [1.82, 2.24) is 5.32 Å². The second-order valence-electron chi connectivity index (χ2n) is 4.99. The van der Waals surface area contributed by atoms with E-state index < -0.39 is 11.4 Å². The summed E-state index contributed by atoms with van der Waals surface area (Å²) in [6.45, 7) is 4.07. The first-order valence-electron chi connectivity index (χ1n) is 5.89. The predicted octanol–water partition coefficient (Wildman–Crippen LogP) is 1.07. The van der Waals surface area contributed by atoms with Gasteiger partial charge in [0.05, 0.1) is 0 Å². The fraction of sp³-hybridized carbons (Fsp3) is 0.385. The SMILES string of the molecule is CC(C)(NC(=O)c1ccc2c(c1)CCN2)C(N)=O.Cl. The number of fused-ring (bicyclic) bond motifs is 1. The zero-order valence-corrected chi connectivity index (χ0v) is 11.8. The van der Waals surface area contributed by atoms with E-state index in [0.29, 0.717) is 5.56 Å². The molecule has 0 radical (unpaired) electrons. The number of nitrogens with two attached hydrogens (primary N) is 1. The zero-order valence-electron chi connectivity index (χ0n) is 10.9. The molecule has 0 atom stereocenters. The number of carbonyl (C=O) groups is 2. The van der Waals surface area contributed by atoms with Crippen molar-refractivity contribution in [2.75, 3.05) is 11.9 Å². The van der Waals surface area contributed by atoms with E-state index in [1.54, 1.807) is 19.9 Å². The van der Waals surface area contributed by atoms with Crippen LogP contribution >= 0.6 is 12.4 Å². The zero-order chi connectivity index (χ0) is 13.3. The molecule has 5 nitrogen and oxygen atoms in total. The first-order chi connectivity index (χ1) is 8.40. The van der Waals surface area contributed by atoms with Crippen molar-refractivity contribution in [3.63, 3.8) is 0 Å². The van der Waals surface area contributed by atoms with Crippen molar-refractivity contribution >= 4 is 29.9 Å². The van der Waals surface area contributed by atoms with E-state index in [2.05, 4.69) is 10.6 Å². The topological polar surface area (TPSA) is 84.2 Å². The molecular weight excluding hydrogens is 266 g/mol. The molecule has 2 rings (SSSR count). The Morgan fingerprint density at radius 1 is 1.37 bits per heavy atom. The van der Waals surface area contributed by atoms with E-state index in [1.165, 1.54) is 0 Å². The third kappa shape index (κ3) is 3.17. The molecule has 0 bridgehead atoms. The molecule has 0 fully saturated rings. The van der Waals surface area contributed by atoms with Gasteiger partial charge in [0, 0.05) is 17.8 Å². The lowest BCUT2D eigenvalue weighted by molar-refractivity contribution is -0.122. The van der Waals surface area contributed by atoms with Crippen LogP contribution in [-0.4, -0.2) is 23.9 Å². The van der Waals surface area contributed by atoms with Gasteiger partial charge in [0.15, 0.2) is 0 Å². The summed E-state index contributed by atoms with van der Waals surface area (Å²) < 4.78 is 0. The molecule has 1 heterocycles. The summed E-state index contributed by atoms with van der Waals surface area (Å²) in [5, 5.41) is 5.86. The highest BCUT2D eigenvalue weighted by molar-refractivity contribution is 5.99. The second-order valence-corrected chi connectivity index (χ2v) is 4.99. The highest BCUT2D eigenvalue weighted by Crippen LogP contribution is 2.23. The Labute approximate surface area is 118 Å².